The highest BCUT2D eigenvalue weighted by molar-refractivity contribution is 7.07. The fourth-order valence-electron chi connectivity index (χ4n) is 2.99. The van der Waals surface area contributed by atoms with Gasteiger partial charge in [-0.2, -0.15) is 5.10 Å². The standard InChI is InChI=1S/C23H25N3O4S/c1-6-11-24-23-26(25-15(2)18-9-7-16(28-3)12-21(18)27)20(14-31-23)19-10-8-17(29-4)13-22(19)30-5/h6-10,12-14,27H,1,11H2,2-5H3. The Morgan fingerprint density at radius 1 is 1.10 bits per heavy atom. The third kappa shape index (κ3) is 4.80. The summed E-state index contributed by atoms with van der Waals surface area (Å²) in [4.78, 5) is 5.26. The van der Waals surface area contributed by atoms with Crippen LogP contribution in [0.4, 0.5) is 0 Å². The van der Waals surface area contributed by atoms with Crippen LogP contribution in [0.15, 0.2) is 64.5 Å². The van der Waals surface area contributed by atoms with Gasteiger partial charge < -0.3 is 19.3 Å². The summed E-state index contributed by atoms with van der Waals surface area (Å²) in [5.74, 6) is 2.01. The van der Waals surface area contributed by atoms with Crippen LogP contribution < -0.4 is 19.0 Å². The molecule has 0 aliphatic heterocycles. The van der Waals surface area contributed by atoms with Gasteiger partial charge in [0.1, 0.15) is 23.0 Å². The quantitative estimate of drug-likeness (QED) is 0.419. The van der Waals surface area contributed by atoms with Crippen LogP contribution in [0.3, 0.4) is 0 Å². The normalized spacial score (nSPS) is 12.0. The number of hydrogen-bond donors (Lipinski definition) is 1. The SMILES string of the molecule is C=CCN=c1scc(-c2ccc(OC)cc2OC)n1N=C(C)c1ccc(OC)cc1O. The van der Waals surface area contributed by atoms with Gasteiger partial charge in [0.15, 0.2) is 0 Å². The van der Waals surface area contributed by atoms with Crippen LogP contribution in [0, 0.1) is 0 Å². The number of methoxy groups -OCH3 is 3. The monoisotopic (exact) mass is 439 g/mol. The van der Waals surface area contributed by atoms with Gasteiger partial charge in [0.2, 0.25) is 4.80 Å². The Balaban J connectivity index is 2.18. The first-order valence-electron chi connectivity index (χ1n) is 9.49. The molecule has 1 heterocycles. The van der Waals surface area contributed by atoms with E-state index in [1.807, 2.05) is 30.5 Å². The smallest absolute Gasteiger partial charge is 0.206 e. The Bertz CT molecular complexity index is 1180. The fraction of sp³-hybridized carbons (Fsp3) is 0.217. The minimum atomic E-state index is 0.0876. The third-order valence-corrected chi connectivity index (χ3v) is 5.42. The Labute approximate surface area is 185 Å². The zero-order valence-electron chi connectivity index (χ0n) is 18.0. The lowest BCUT2D eigenvalue weighted by atomic mass is 10.1. The molecule has 0 atom stereocenters. The summed E-state index contributed by atoms with van der Waals surface area (Å²) in [6.45, 7) is 6.03. The van der Waals surface area contributed by atoms with E-state index in [0.717, 1.165) is 11.3 Å². The summed E-state index contributed by atoms with van der Waals surface area (Å²) < 4.78 is 17.8. The molecule has 8 heteroatoms. The summed E-state index contributed by atoms with van der Waals surface area (Å²) in [6.07, 6.45) is 1.73. The third-order valence-electron chi connectivity index (χ3n) is 4.57. The van der Waals surface area contributed by atoms with E-state index in [-0.39, 0.29) is 5.75 Å². The van der Waals surface area contributed by atoms with Crippen LogP contribution in [0.1, 0.15) is 12.5 Å². The van der Waals surface area contributed by atoms with Crippen molar-refractivity contribution in [1.29, 1.82) is 0 Å². The van der Waals surface area contributed by atoms with E-state index in [2.05, 4.69) is 11.6 Å². The summed E-state index contributed by atoms with van der Waals surface area (Å²) in [6, 6.07) is 10.7. The number of phenols is 1. The van der Waals surface area contributed by atoms with Gasteiger partial charge in [0.05, 0.1) is 39.3 Å². The largest absolute Gasteiger partial charge is 0.507 e. The summed E-state index contributed by atoms with van der Waals surface area (Å²) >= 11 is 1.46. The first kappa shape index (κ1) is 22.2. The predicted octanol–water partition coefficient (Wildman–Crippen LogP) is 4.31. The summed E-state index contributed by atoms with van der Waals surface area (Å²) in [5.41, 5.74) is 2.86. The predicted molar refractivity (Wildman–Crippen MR) is 124 cm³/mol. The molecule has 7 nitrogen and oxygen atoms in total. The van der Waals surface area contributed by atoms with Gasteiger partial charge in [-0.3, -0.25) is 4.99 Å². The van der Waals surface area contributed by atoms with Gasteiger partial charge in [-0.25, -0.2) is 4.68 Å². The Hall–Kier alpha value is -3.52. The van der Waals surface area contributed by atoms with Crippen LogP contribution in [-0.2, 0) is 0 Å². The molecule has 0 unspecified atom stereocenters. The van der Waals surface area contributed by atoms with Gasteiger partial charge in [0.25, 0.3) is 0 Å². The average Bonchev–Trinajstić information content (AvgIpc) is 3.18. The molecule has 0 bridgehead atoms. The van der Waals surface area contributed by atoms with Gasteiger partial charge in [-0.05, 0) is 31.2 Å². The molecule has 0 radical (unpaired) electrons. The molecular formula is C23H25N3O4S. The number of thiazole rings is 1. The van der Waals surface area contributed by atoms with Gasteiger partial charge >= 0.3 is 0 Å². The lowest BCUT2D eigenvalue weighted by Gasteiger charge is -2.12. The summed E-state index contributed by atoms with van der Waals surface area (Å²) in [5, 5.41) is 17.2. The topological polar surface area (TPSA) is 77.6 Å². The van der Waals surface area contributed by atoms with Crippen molar-refractivity contribution in [3.8, 4) is 34.3 Å². The molecule has 3 rings (SSSR count). The highest BCUT2D eigenvalue weighted by atomic mass is 32.1. The number of aromatic nitrogens is 1. The molecule has 1 aromatic heterocycles. The first-order valence-corrected chi connectivity index (χ1v) is 10.4. The number of nitrogens with zero attached hydrogens (tertiary/aromatic N) is 3. The molecule has 162 valence electrons. The van der Waals surface area contributed by atoms with E-state index in [4.69, 9.17) is 19.3 Å². The molecule has 1 N–H and O–H groups in total. The van der Waals surface area contributed by atoms with Crippen molar-refractivity contribution < 1.29 is 19.3 Å². The Morgan fingerprint density at radius 3 is 2.45 bits per heavy atom. The molecule has 0 aliphatic rings. The number of rotatable bonds is 8. The van der Waals surface area contributed by atoms with Crippen molar-refractivity contribution in [2.24, 2.45) is 10.1 Å². The molecule has 0 fully saturated rings. The number of ether oxygens (including phenoxy) is 3. The van der Waals surface area contributed by atoms with Crippen molar-refractivity contribution >= 4 is 17.0 Å². The molecule has 0 saturated carbocycles. The van der Waals surface area contributed by atoms with Crippen molar-refractivity contribution in [3.05, 3.63) is 64.8 Å². The van der Waals surface area contributed by atoms with Crippen LogP contribution in [0.2, 0.25) is 0 Å². The van der Waals surface area contributed by atoms with Crippen LogP contribution in [0.5, 0.6) is 23.0 Å². The maximum absolute atomic E-state index is 10.4. The molecule has 0 aliphatic carbocycles. The minimum Gasteiger partial charge on any atom is -0.507 e. The fourth-order valence-corrected chi connectivity index (χ4v) is 3.82. The second-order valence-electron chi connectivity index (χ2n) is 6.48. The van der Waals surface area contributed by atoms with Crippen molar-refractivity contribution in [3.63, 3.8) is 0 Å². The lowest BCUT2D eigenvalue weighted by Crippen LogP contribution is -2.15. The molecule has 3 aromatic rings. The minimum absolute atomic E-state index is 0.0876. The van der Waals surface area contributed by atoms with Crippen LogP contribution in [0.25, 0.3) is 11.3 Å². The lowest BCUT2D eigenvalue weighted by molar-refractivity contribution is 0.395. The highest BCUT2D eigenvalue weighted by Crippen LogP contribution is 2.34. The number of benzene rings is 2. The van der Waals surface area contributed by atoms with Gasteiger partial charge in [0, 0.05) is 28.6 Å². The average molecular weight is 440 g/mol. The van der Waals surface area contributed by atoms with Crippen molar-refractivity contribution in [2.75, 3.05) is 27.9 Å². The Kier molecular flexibility index (Phi) is 7.15. The number of hydrogen-bond acceptors (Lipinski definition) is 7. The second kappa shape index (κ2) is 9.99. The van der Waals surface area contributed by atoms with E-state index in [1.165, 1.54) is 11.3 Å². The molecule has 2 aromatic carbocycles. The van der Waals surface area contributed by atoms with Gasteiger partial charge in [-0.15, -0.1) is 17.9 Å². The maximum atomic E-state index is 10.4. The van der Waals surface area contributed by atoms with E-state index >= 15 is 0 Å². The number of phenolic OH excluding ortho intramolecular Hbond substituents is 1. The molecule has 0 saturated heterocycles. The zero-order valence-corrected chi connectivity index (χ0v) is 18.8. The first-order chi connectivity index (χ1) is 15.0. The molecule has 0 amide bonds. The van der Waals surface area contributed by atoms with E-state index in [0.29, 0.717) is 39.9 Å². The second-order valence-corrected chi connectivity index (χ2v) is 7.32. The van der Waals surface area contributed by atoms with Crippen molar-refractivity contribution in [2.45, 2.75) is 6.92 Å². The zero-order chi connectivity index (χ0) is 22.4. The molecular weight excluding hydrogens is 414 g/mol. The van der Waals surface area contributed by atoms with E-state index in [1.54, 1.807) is 50.3 Å². The van der Waals surface area contributed by atoms with Crippen molar-refractivity contribution in [1.82, 2.24) is 4.68 Å². The van der Waals surface area contributed by atoms with Crippen LogP contribution in [-0.4, -0.2) is 43.4 Å². The maximum Gasteiger partial charge on any atom is 0.206 e. The van der Waals surface area contributed by atoms with E-state index < -0.39 is 0 Å². The summed E-state index contributed by atoms with van der Waals surface area (Å²) in [7, 11) is 4.78. The highest BCUT2D eigenvalue weighted by Gasteiger charge is 2.15. The van der Waals surface area contributed by atoms with Crippen LogP contribution >= 0.6 is 11.3 Å². The van der Waals surface area contributed by atoms with Gasteiger partial charge in [-0.1, -0.05) is 6.08 Å². The number of aromatic hydroxyl groups is 1. The molecule has 31 heavy (non-hydrogen) atoms. The molecule has 0 spiro atoms. The Morgan fingerprint density at radius 2 is 1.81 bits per heavy atom. The van der Waals surface area contributed by atoms with E-state index in [9.17, 15) is 5.11 Å².